The fourth-order valence-corrected chi connectivity index (χ4v) is 2.76. The molecule has 0 saturated heterocycles. The van der Waals surface area contributed by atoms with Gasteiger partial charge >= 0.3 is 5.97 Å². The molecule has 5 nitrogen and oxygen atoms in total. The molecule has 0 amide bonds. The van der Waals surface area contributed by atoms with Gasteiger partial charge in [-0.3, -0.25) is 9.78 Å². The van der Waals surface area contributed by atoms with E-state index in [1.165, 1.54) is 0 Å². The summed E-state index contributed by atoms with van der Waals surface area (Å²) in [5.74, 6) is -0.470. The molecule has 0 saturated carbocycles. The van der Waals surface area contributed by atoms with Crippen molar-refractivity contribution in [2.45, 2.75) is 34.2 Å². The minimum Gasteiger partial charge on any atom is -0.462 e. The van der Waals surface area contributed by atoms with Crippen LogP contribution < -0.4 is 5.56 Å². The quantitative estimate of drug-likeness (QED) is 0.614. The van der Waals surface area contributed by atoms with E-state index in [2.05, 4.69) is 4.98 Å². The fourth-order valence-electron chi connectivity index (χ4n) is 2.63. The maximum Gasteiger partial charge on any atom is 0.339 e. The fraction of sp³-hybridized carbons (Fsp3) is 0.286. The number of hydrogen-bond donors (Lipinski definition) is 0. The Morgan fingerprint density at radius 2 is 1.85 bits per heavy atom. The number of halogens is 1. The van der Waals surface area contributed by atoms with Gasteiger partial charge in [0, 0.05) is 11.2 Å². The Morgan fingerprint density at radius 3 is 2.48 bits per heavy atom. The summed E-state index contributed by atoms with van der Waals surface area (Å²) < 4.78 is 6.62. The molecule has 2 heterocycles. The Bertz CT molecular complexity index is 995. The highest BCUT2D eigenvalue weighted by Crippen LogP contribution is 2.15. The summed E-state index contributed by atoms with van der Waals surface area (Å²) in [6, 6.07) is 10.7. The van der Waals surface area contributed by atoms with Crippen molar-refractivity contribution in [3.05, 3.63) is 74.8 Å². The predicted octanol–water partition coefficient (Wildman–Crippen LogP) is 4.61. The maximum absolute atomic E-state index is 12.8. The van der Waals surface area contributed by atoms with Crippen LogP contribution in [0.4, 0.5) is 0 Å². The van der Waals surface area contributed by atoms with Crippen molar-refractivity contribution in [2.75, 3.05) is 6.61 Å². The third-order valence-corrected chi connectivity index (χ3v) is 4.16. The van der Waals surface area contributed by atoms with Gasteiger partial charge in [0.1, 0.15) is 0 Å². The summed E-state index contributed by atoms with van der Waals surface area (Å²) in [5, 5.41) is 1.04. The van der Waals surface area contributed by atoms with Crippen molar-refractivity contribution in [1.82, 2.24) is 9.55 Å². The monoisotopic (exact) mass is 386 g/mol. The molecule has 0 atom stereocenters. The lowest BCUT2D eigenvalue weighted by Crippen LogP contribution is -2.21. The average molecular weight is 387 g/mol. The van der Waals surface area contributed by atoms with E-state index >= 15 is 0 Å². The zero-order valence-corrected chi connectivity index (χ0v) is 16.7. The summed E-state index contributed by atoms with van der Waals surface area (Å²) in [4.78, 5) is 29.2. The van der Waals surface area contributed by atoms with Gasteiger partial charge < -0.3 is 9.30 Å². The van der Waals surface area contributed by atoms with Crippen LogP contribution in [0.1, 0.15) is 42.4 Å². The first-order valence-electron chi connectivity index (χ1n) is 8.92. The van der Waals surface area contributed by atoms with Crippen LogP contribution in [-0.2, 0) is 11.3 Å². The highest BCUT2D eigenvalue weighted by molar-refractivity contribution is 6.30. The molecule has 27 heavy (non-hydrogen) atoms. The van der Waals surface area contributed by atoms with Gasteiger partial charge in [-0.15, -0.1) is 0 Å². The van der Waals surface area contributed by atoms with Crippen molar-refractivity contribution in [2.24, 2.45) is 0 Å². The SMILES string of the molecule is CC.CCOC(=O)c1cc2c(=O)n(Cc3ccc(Cl)cc3)ccc2nc1C. The smallest absolute Gasteiger partial charge is 0.339 e. The van der Waals surface area contributed by atoms with Crippen LogP contribution in [0.15, 0.2) is 47.4 Å². The Morgan fingerprint density at radius 1 is 1.19 bits per heavy atom. The number of benzene rings is 1. The number of pyridine rings is 2. The number of fused-ring (bicyclic) bond motifs is 1. The summed E-state index contributed by atoms with van der Waals surface area (Å²) in [7, 11) is 0. The van der Waals surface area contributed by atoms with E-state index in [9.17, 15) is 9.59 Å². The predicted molar refractivity (Wildman–Crippen MR) is 109 cm³/mol. The van der Waals surface area contributed by atoms with Crippen LogP contribution in [0.25, 0.3) is 10.9 Å². The van der Waals surface area contributed by atoms with Gasteiger partial charge in [-0.1, -0.05) is 37.6 Å². The number of ether oxygens (including phenoxy) is 1. The number of aromatic nitrogens is 2. The molecule has 1 aromatic carbocycles. The first kappa shape index (κ1) is 20.6. The third kappa shape index (κ3) is 4.74. The van der Waals surface area contributed by atoms with Crippen molar-refractivity contribution < 1.29 is 9.53 Å². The van der Waals surface area contributed by atoms with E-state index in [0.717, 1.165) is 5.56 Å². The van der Waals surface area contributed by atoms with E-state index in [-0.39, 0.29) is 12.2 Å². The molecule has 0 radical (unpaired) electrons. The standard InChI is InChI=1S/C19H17ClN2O3.C2H6/c1-3-25-19(24)15-10-16-17(21-12(15)2)8-9-22(18(16)23)11-13-4-6-14(20)7-5-13;1-2/h4-10H,3,11H2,1-2H3;1-2H3. The first-order chi connectivity index (χ1) is 13.0. The minimum atomic E-state index is -0.470. The molecule has 142 valence electrons. The molecule has 3 aromatic rings. The highest BCUT2D eigenvalue weighted by Gasteiger charge is 2.15. The molecular formula is C21H23ClN2O3. The van der Waals surface area contributed by atoms with Crippen LogP contribution in [0, 0.1) is 6.92 Å². The Balaban J connectivity index is 0.00000126. The largest absolute Gasteiger partial charge is 0.462 e. The molecule has 0 spiro atoms. The molecule has 2 aromatic heterocycles. The van der Waals surface area contributed by atoms with Crippen LogP contribution in [0.5, 0.6) is 0 Å². The Hall–Kier alpha value is -2.66. The van der Waals surface area contributed by atoms with Crippen molar-refractivity contribution >= 4 is 28.5 Å². The number of hydrogen-bond acceptors (Lipinski definition) is 4. The molecular weight excluding hydrogens is 364 g/mol. The number of esters is 1. The zero-order chi connectivity index (χ0) is 20.0. The number of rotatable bonds is 4. The van der Waals surface area contributed by atoms with E-state index in [4.69, 9.17) is 16.3 Å². The second-order valence-corrected chi connectivity index (χ2v) is 6.09. The molecule has 0 N–H and O–H groups in total. The van der Waals surface area contributed by atoms with Crippen LogP contribution in [0.3, 0.4) is 0 Å². The van der Waals surface area contributed by atoms with E-state index in [1.807, 2.05) is 26.0 Å². The van der Waals surface area contributed by atoms with Gasteiger partial charge in [-0.2, -0.15) is 0 Å². The van der Waals surface area contributed by atoms with Gasteiger partial charge in [0.05, 0.1) is 35.3 Å². The zero-order valence-electron chi connectivity index (χ0n) is 16.0. The second kappa shape index (κ2) is 9.33. The average Bonchev–Trinajstić information content (AvgIpc) is 2.67. The molecule has 3 rings (SSSR count). The van der Waals surface area contributed by atoms with E-state index in [1.54, 1.807) is 48.9 Å². The van der Waals surface area contributed by atoms with Gasteiger partial charge in [-0.25, -0.2) is 4.79 Å². The topological polar surface area (TPSA) is 61.2 Å². The Kier molecular flexibility index (Phi) is 7.13. The van der Waals surface area contributed by atoms with Gasteiger partial charge in [0.2, 0.25) is 0 Å². The lowest BCUT2D eigenvalue weighted by atomic mass is 10.1. The summed E-state index contributed by atoms with van der Waals surface area (Å²) in [6.07, 6.45) is 1.70. The van der Waals surface area contributed by atoms with Gasteiger partial charge in [0.15, 0.2) is 0 Å². The minimum absolute atomic E-state index is 0.203. The molecule has 0 fully saturated rings. The van der Waals surface area contributed by atoms with Crippen LogP contribution >= 0.6 is 11.6 Å². The molecule has 0 aliphatic carbocycles. The second-order valence-electron chi connectivity index (χ2n) is 5.65. The van der Waals surface area contributed by atoms with E-state index < -0.39 is 5.97 Å². The Labute approximate surface area is 163 Å². The number of aryl methyl sites for hydroxylation is 1. The number of carbonyl (C=O) groups is 1. The van der Waals surface area contributed by atoms with Crippen LogP contribution in [-0.4, -0.2) is 22.1 Å². The third-order valence-electron chi connectivity index (χ3n) is 3.91. The molecule has 0 unspecified atom stereocenters. The summed E-state index contributed by atoms with van der Waals surface area (Å²) >= 11 is 5.89. The summed E-state index contributed by atoms with van der Waals surface area (Å²) in [5.41, 5.74) is 2.17. The molecule has 0 bridgehead atoms. The highest BCUT2D eigenvalue weighted by atomic mass is 35.5. The normalized spacial score (nSPS) is 10.3. The van der Waals surface area contributed by atoms with Crippen molar-refractivity contribution in [3.63, 3.8) is 0 Å². The molecule has 0 aliphatic rings. The lowest BCUT2D eigenvalue weighted by molar-refractivity contribution is 0.0525. The molecule has 6 heteroatoms. The maximum atomic E-state index is 12.8. The van der Waals surface area contributed by atoms with Crippen LogP contribution in [0.2, 0.25) is 5.02 Å². The first-order valence-corrected chi connectivity index (χ1v) is 9.29. The molecule has 0 aliphatic heterocycles. The summed E-state index contributed by atoms with van der Waals surface area (Å²) in [6.45, 7) is 8.15. The lowest BCUT2D eigenvalue weighted by Gasteiger charge is -2.10. The van der Waals surface area contributed by atoms with Gasteiger partial charge in [0.25, 0.3) is 5.56 Å². The van der Waals surface area contributed by atoms with Crippen molar-refractivity contribution in [1.29, 1.82) is 0 Å². The van der Waals surface area contributed by atoms with Gasteiger partial charge in [-0.05, 0) is 43.7 Å². The van der Waals surface area contributed by atoms with E-state index in [0.29, 0.717) is 33.7 Å². The number of nitrogens with zero attached hydrogens (tertiary/aromatic N) is 2. The number of carbonyl (C=O) groups excluding carboxylic acids is 1. The van der Waals surface area contributed by atoms with Crippen molar-refractivity contribution in [3.8, 4) is 0 Å².